The topological polar surface area (TPSA) is 20.2 Å². The largest absolute Gasteiger partial charge is 0.416 e. The summed E-state index contributed by atoms with van der Waals surface area (Å²) in [6.07, 6.45) is -3.33. The Balaban J connectivity index is 2.95. The van der Waals surface area contributed by atoms with Crippen LogP contribution in [0.4, 0.5) is 13.2 Å². The quantitative estimate of drug-likeness (QED) is 0.827. The third kappa shape index (κ3) is 3.23. The van der Waals surface area contributed by atoms with E-state index in [1.165, 1.54) is 13.0 Å². The van der Waals surface area contributed by atoms with Crippen molar-refractivity contribution in [3.05, 3.63) is 34.9 Å². The molecule has 1 nitrogen and oxygen atoms in total. The molecule has 4 heteroatoms. The highest BCUT2D eigenvalue weighted by Crippen LogP contribution is 2.32. The third-order valence-corrected chi connectivity index (χ3v) is 2.23. The Kier molecular flexibility index (Phi) is 3.74. The van der Waals surface area contributed by atoms with Crippen LogP contribution in [0.15, 0.2) is 18.2 Å². The zero-order chi connectivity index (χ0) is 11.5. The predicted molar refractivity (Wildman–Crippen MR) is 51.6 cm³/mol. The second-order valence-corrected chi connectivity index (χ2v) is 3.47. The summed E-state index contributed by atoms with van der Waals surface area (Å²) >= 11 is 0. The van der Waals surface area contributed by atoms with Crippen molar-refractivity contribution in [2.45, 2.75) is 25.9 Å². The average molecular weight is 218 g/mol. The van der Waals surface area contributed by atoms with E-state index in [-0.39, 0.29) is 12.2 Å². The average Bonchev–Trinajstić information content (AvgIpc) is 2.15. The molecule has 0 aliphatic heterocycles. The van der Waals surface area contributed by atoms with E-state index in [1.54, 1.807) is 6.07 Å². The maximum atomic E-state index is 12.5. The molecule has 1 aromatic rings. The summed E-state index contributed by atoms with van der Waals surface area (Å²) in [5, 5.41) is 8.59. The van der Waals surface area contributed by atoms with Crippen molar-refractivity contribution >= 4 is 0 Å². The summed E-state index contributed by atoms with van der Waals surface area (Å²) in [7, 11) is 0. The molecule has 84 valence electrons. The Bertz CT molecular complexity index is 331. The molecular formula is C11H13F3O. The van der Waals surface area contributed by atoms with Crippen molar-refractivity contribution in [2.75, 3.05) is 6.61 Å². The third-order valence-electron chi connectivity index (χ3n) is 2.23. The number of rotatable bonds is 3. The van der Waals surface area contributed by atoms with Gasteiger partial charge in [-0.3, -0.25) is 0 Å². The molecule has 1 N–H and O–H groups in total. The SMILES string of the molecule is Cc1ccc(CCCO)cc1C(F)(F)F. The Labute approximate surface area is 86.5 Å². The van der Waals surface area contributed by atoms with E-state index in [2.05, 4.69) is 0 Å². The fourth-order valence-corrected chi connectivity index (χ4v) is 1.41. The van der Waals surface area contributed by atoms with Crippen LogP contribution in [0.2, 0.25) is 0 Å². The molecular weight excluding hydrogens is 205 g/mol. The molecule has 0 unspecified atom stereocenters. The summed E-state index contributed by atoms with van der Waals surface area (Å²) in [5.41, 5.74) is 0.259. The minimum atomic E-state index is -4.29. The molecule has 0 saturated heterocycles. The van der Waals surface area contributed by atoms with Gasteiger partial charge in [-0.2, -0.15) is 13.2 Å². The van der Waals surface area contributed by atoms with E-state index in [1.807, 2.05) is 0 Å². The van der Waals surface area contributed by atoms with Crippen LogP contribution in [0, 0.1) is 6.92 Å². The zero-order valence-corrected chi connectivity index (χ0v) is 8.43. The van der Waals surface area contributed by atoms with Gasteiger partial charge in [0, 0.05) is 6.61 Å². The normalized spacial score (nSPS) is 11.8. The van der Waals surface area contributed by atoms with Gasteiger partial charge >= 0.3 is 6.18 Å². The van der Waals surface area contributed by atoms with E-state index in [4.69, 9.17) is 5.11 Å². The molecule has 0 aliphatic carbocycles. The molecule has 15 heavy (non-hydrogen) atoms. The molecule has 0 radical (unpaired) electrons. The van der Waals surface area contributed by atoms with Crippen molar-refractivity contribution in [2.24, 2.45) is 0 Å². The molecule has 0 aliphatic rings. The second-order valence-electron chi connectivity index (χ2n) is 3.47. The van der Waals surface area contributed by atoms with Crippen LogP contribution in [0.1, 0.15) is 23.1 Å². The van der Waals surface area contributed by atoms with Gasteiger partial charge in [-0.1, -0.05) is 12.1 Å². The second kappa shape index (κ2) is 4.66. The van der Waals surface area contributed by atoms with Gasteiger partial charge in [-0.25, -0.2) is 0 Å². The molecule has 0 spiro atoms. The number of hydrogen-bond donors (Lipinski definition) is 1. The minimum absolute atomic E-state index is 0.00473. The predicted octanol–water partition coefficient (Wildman–Crippen LogP) is 2.94. The number of aliphatic hydroxyl groups excluding tert-OH is 1. The number of halogens is 3. The Hall–Kier alpha value is -1.03. The molecule has 1 aromatic carbocycles. The lowest BCUT2D eigenvalue weighted by molar-refractivity contribution is -0.138. The first-order valence-electron chi connectivity index (χ1n) is 4.72. The van der Waals surface area contributed by atoms with Crippen molar-refractivity contribution in [1.29, 1.82) is 0 Å². The van der Waals surface area contributed by atoms with Crippen molar-refractivity contribution in [3.8, 4) is 0 Å². The molecule has 0 amide bonds. The molecule has 0 fully saturated rings. The summed E-state index contributed by atoms with van der Waals surface area (Å²) in [6.45, 7) is 1.44. The van der Waals surface area contributed by atoms with Gasteiger partial charge in [0.1, 0.15) is 0 Å². The monoisotopic (exact) mass is 218 g/mol. The first-order chi connectivity index (χ1) is 6.95. The van der Waals surface area contributed by atoms with Crippen LogP contribution in [-0.2, 0) is 12.6 Å². The fourth-order valence-electron chi connectivity index (χ4n) is 1.41. The highest BCUT2D eigenvalue weighted by molar-refractivity contribution is 5.33. The number of aryl methyl sites for hydroxylation is 2. The van der Waals surface area contributed by atoms with Crippen LogP contribution >= 0.6 is 0 Å². The van der Waals surface area contributed by atoms with E-state index < -0.39 is 11.7 Å². The Morgan fingerprint density at radius 2 is 1.93 bits per heavy atom. The lowest BCUT2D eigenvalue weighted by Crippen LogP contribution is -2.08. The first kappa shape index (κ1) is 12.0. The smallest absolute Gasteiger partial charge is 0.396 e. The first-order valence-corrected chi connectivity index (χ1v) is 4.72. The molecule has 0 saturated carbocycles. The number of hydrogen-bond acceptors (Lipinski definition) is 1. The van der Waals surface area contributed by atoms with Crippen LogP contribution in [0.3, 0.4) is 0 Å². The Morgan fingerprint density at radius 1 is 1.27 bits per heavy atom. The highest BCUT2D eigenvalue weighted by Gasteiger charge is 2.32. The van der Waals surface area contributed by atoms with Crippen molar-refractivity contribution in [3.63, 3.8) is 0 Å². The molecule has 1 rings (SSSR count). The molecule has 0 bridgehead atoms. The number of benzene rings is 1. The fraction of sp³-hybridized carbons (Fsp3) is 0.455. The van der Waals surface area contributed by atoms with Crippen LogP contribution in [-0.4, -0.2) is 11.7 Å². The van der Waals surface area contributed by atoms with Gasteiger partial charge in [0.2, 0.25) is 0 Å². The number of aliphatic hydroxyl groups is 1. The van der Waals surface area contributed by atoms with Gasteiger partial charge < -0.3 is 5.11 Å². The summed E-state index contributed by atoms with van der Waals surface area (Å²) < 4.78 is 37.5. The van der Waals surface area contributed by atoms with Gasteiger partial charge in [-0.15, -0.1) is 0 Å². The van der Waals surface area contributed by atoms with E-state index in [0.717, 1.165) is 6.07 Å². The summed E-state index contributed by atoms with van der Waals surface area (Å²) in [4.78, 5) is 0. The van der Waals surface area contributed by atoms with E-state index in [0.29, 0.717) is 18.4 Å². The van der Waals surface area contributed by atoms with Crippen LogP contribution in [0.25, 0.3) is 0 Å². The summed E-state index contributed by atoms with van der Waals surface area (Å²) in [6, 6.07) is 4.29. The van der Waals surface area contributed by atoms with Gasteiger partial charge in [0.05, 0.1) is 5.56 Å². The van der Waals surface area contributed by atoms with Gasteiger partial charge in [0.15, 0.2) is 0 Å². The number of alkyl halides is 3. The van der Waals surface area contributed by atoms with Crippen LogP contribution in [0.5, 0.6) is 0 Å². The maximum Gasteiger partial charge on any atom is 0.416 e. The molecule has 0 atom stereocenters. The van der Waals surface area contributed by atoms with Gasteiger partial charge in [0.25, 0.3) is 0 Å². The molecule has 0 heterocycles. The molecule has 0 aromatic heterocycles. The minimum Gasteiger partial charge on any atom is -0.396 e. The highest BCUT2D eigenvalue weighted by atomic mass is 19.4. The van der Waals surface area contributed by atoms with Crippen molar-refractivity contribution < 1.29 is 18.3 Å². The van der Waals surface area contributed by atoms with E-state index in [9.17, 15) is 13.2 Å². The van der Waals surface area contributed by atoms with E-state index >= 15 is 0 Å². The Morgan fingerprint density at radius 3 is 2.47 bits per heavy atom. The maximum absolute atomic E-state index is 12.5. The van der Waals surface area contributed by atoms with Crippen molar-refractivity contribution in [1.82, 2.24) is 0 Å². The standard InChI is InChI=1S/C11H13F3O/c1-8-4-5-9(3-2-6-15)7-10(8)11(12,13)14/h4-5,7,15H,2-3,6H2,1H3. The lowest BCUT2D eigenvalue weighted by Gasteiger charge is -2.11. The van der Waals surface area contributed by atoms with Gasteiger partial charge in [-0.05, 0) is 37.0 Å². The summed E-state index contributed by atoms with van der Waals surface area (Å²) in [5.74, 6) is 0. The van der Waals surface area contributed by atoms with Crippen LogP contribution < -0.4 is 0 Å². The lowest BCUT2D eigenvalue weighted by atomic mass is 10.0. The zero-order valence-electron chi connectivity index (χ0n) is 8.43.